The van der Waals surface area contributed by atoms with Gasteiger partial charge in [-0.2, -0.15) is 5.26 Å². The Morgan fingerprint density at radius 2 is 1.75 bits per heavy atom. The monoisotopic (exact) mass is 496 g/mol. The van der Waals surface area contributed by atoms with Gasteiger partial charge in [0.1, 0.15) is 23.2 Å². The molecule has 0 spiro atoms. The van der Waals surface area contributed by atoms with Crippen LogP contribution in [-0.4, -0.2) is 37.0 Å². The third-order valence-corrected chi connectivity index (χ3v) is 6.33. The molecule has 2 aliphatic rings. The normalized spacial score (nSPS) is 19.0. The number of allylic oxidation sites excluding steroid dienone is 2. The minimum Gasteiger partial charge on any atom is -0.445 e. The molecule has 2 aliphatic heterocycles. The van der Waals surface area contributed by atoms with Gasteiger partial charge in [-0.3, -0.25) is 4.79 Å². The Labute approximate surface area is 194 Å². The van der Waals surface area contributed by atoms with E-state index in [1.807, 2.05) is 24.3 Å². The van der Waals surface area contributed by atoms with Crippen LogP contribution in [0.1, 0.15) is 18.4 Å². The maximum Gasteiger partial charge on any atom is 0.254 e. The van der Waals surface area contributed by atoms with Gasteiger partial charge in [-0.1, -0.05) is 28.1 Å². The second-order valence-corrected chi connectivity index (χ2v) is 8.62. The number of amides is 1. The summed E-state index contributed by atoms with van der Waals surface area (Å²) in [4.78, 5) is 17.5. The second kappa shape index (κ2) is 9.05. The number of ether oxygens (including phenoxy) is 1. The molecule has 2 aromatic rings. The number of hydrogen-bond donors (Lipinski definition) is 1. The molecule has 1 saturated heterocycles. The van der Waals surface area contributed by atoms with Crippen molar-refractivity contribution < 1.29 is 13.9 Å². The number of halogens is 2. The molecule has 2 N–H and O–H groups in total. The van der Waals surface area contributed by atoms with Gasteiger partial charge in [-0.05, 0) is 48.9 Å². The summed E-state index contributed by atoms with van der Waals surface area (Å²) < 4.78 is 19.7. The number of rotatable bonds is 3. The highest BCUT2D eigenvalue weighted by atomic mass is 79.9. The summed E-state index contributed by atoms with van der Waals surface area (Å²) in [6, 6.07) is 16.0. The van der Waals surface area contributed by atoms with E-state index in [9.17, 15) is 14.4 Å². The summed E-state index contributed by atoms with van der Waals surface area (Å²) in [5.41, 5.74) is 8.37. The van der Waals surface area contributed by atoms with Crippen molar-refractivity contribution in [2.45, 2.75) is 12.8 Å². The van der Waals surface area contributed by atoms with E-state index in [1.54, 1.807) is 24.0 Å². The van der Waals surface area contributed by atoms with Crippen molar-refractivity contribution in [2.75, 3.05) is 31.1 Å². The number of piperazine rings is 1. The third kappa shape index (κ3) is 4.21. The van der Waals surface area contributed by atoms with Crippen molar-refractivity contribution in [1.82, 2.24) is 4.90 Å². The first-order chi connectivity index (χ1) is 15.4. The maximum atomic E-state index is 13.6. The fraction of sp³-hybridized carbons (Fsp3) is 0.250. The summed E-state index contributed by atoms with van der Waals surface area (Å²) in [7, 11) is 0. The van der Waals surface area contributed by atoms with Crippen molar-refractivity contribution in [3.63, 3.8) is 0 Å². The molecular weight excluding hydrogens is 475 g/mol. The molecule has 4 rings (SSSR count). The van der Waals surface area contributed by atoms with Gasteiger partial charge in [0.15, 0.2) is 0 Å². The molecule has 1 fully saturated rings. The molecule has 6 nitrogen and oxygen atoms in total. The summed E-state index contributed by atoms with van der Waals surface area (Å²) in [5.74, 6) is -0.614. The number of anilines is 1. The number of nitriles is 1. The van der Waals surface area contributed by atoms with Crippen LogP contribution in [0.4, 0.5) is 10.1 Å². The number of benzene rings is 2. The van der Waals surface area contributed by atoms with Crippen LogP contribution < -0.4 is 10.6 Å². The maximum absolute atomic E-state index is 13.6. The van der Waals surface area contributed by atoms with Gasteiger partial charge in [0, 0.05) is 36.3 Å². The van der Waals surface area contributed by atoms with Crippen LogP contribution in [0.15, 0.2) is 75.8 Å². The summed E-state index contributed by atoms with van der Waals surface area (Å²) >= 11 is 3.42. The molecule has 0 aromatic heterocycles. The Hall–Kier alpha value is -3.31. The molecule has 8 heteroatoms. The summed E-state index contributed by atoms with van der Waals surface area (Å²) in [6.45, 7) is 3.95. The molecular formula is C24H22BrFN4O2. The first kappa shape index (κ1) is 21.9. The first-order valence-corrected chi connectivity index (χ1v) is 11.0. The van der Waals surface area contributed by atoms with Crippen LogP contribution in [-0.2, 0) is 9.53 Å². The average Bonchev–Trinajstić information content (AvgIpc) is 2.79. The lowest BCUT2D eigenvalue weighted by molar-refractivity contribution is -0.128. The van der Waals surface area contributed by atoms with Crippen LogP contribution in [0, 0.1) is 17.1 Å². The lowest BCUT2D eigenvalue weighted by Crippen LogP contribution is -2.50. The predicted molar refractivity (Wildman–Crippen MR) is 123 cm³/mol. The van der Waals surface area contributed by atoms with E-state index >= 15 is 0 Å². The van der Waals surface area contributed by atoms with Crippen LogP contribution >= 0.6 is 15.9 Å². The minimum absolute atomic E-state index is 0.0237. The fourth-order valence-corrected chi connectivity index (χ4v) is 4.40. The number of nitrogens with zero attached hydrogens (tertiary/aromatic N) is 3. The van der Waals surface area contributed by atoms with E-state index in [0.717, 1.165) is 15.7 Å². The zero-order valence-electron chi connectivity index (χ0n) is 17.5. The zero-order chi connectivity index (χ0) is 22.8. The minimum atomic E-state index is -0.593. The Kier molecular flexibility index (Phi) is 6.19. The third-order valence-electron chi connectivity index (χ3n) is 5.80. The summed E-state index contributed by atoms with van der Waals surface area (Å²) in [5, 5.41) is 9.77. The van der Waals surface area contributed by atoms with Crippen LogP contribution in [0.2, 0.25) is 0 Å². The molecule has 0 bridgehead atoms. The average molecular weight is 497 g/mol. The van der Waals surface area contributed by atoms with Crippen LogP contribution in [0.3, 0.4) is 0 Å². The lowest BCUT2D eigenvalue weighted by Gasteiger charge is -2.38. The fourth-order valence-electron chi connectivity index (χ4n) is 4.14. The summed E-state index contributed by atoms with van der Waals surface area (Å²) in [6.07, 6.45) is 0. The van der Waals surface area contributed by atoms with E-state index < -0.39 is 5.92 Å². The predicted octanol–water partition coefficient (Wildman–Crippen LogP) is 4.02. The molecule has 1 amide bonds. The van der Waals surface area contributed by atoms with Gasteiger partial charge in [0.25, 0.3) is 5.91 Å². The van der Waals surface area contributed by atoms with E-state index in [0.29, 0.717) is 37.5 Å². The van der Waals surface area contributed by atoms with Crippen molar-refractivity contribution in [2.24, 2.45) is 5.73 Å². The smallest absolute Gasteiger partial charge is 0.254 e. The van der Waals surface area contributed by atoms with E-state index in [-0.39, 0.29) is 23.2 Å². The van der Waals surface area contributed by atoms with Gasteiger partial charge in [0.2, 0.25) is 5.88 Å². The molecule has 2 aromatic carbocycles. The van der Waals surface area contributed by atoms with Crippen molar-refractivity contribution in [3.8, 4) is 6.07 Å². The van der Waals surface area contributed by atoms with Gasteiger partial charge >= 0.3 is 0 Å². The largest absolute Gasteiger partial charge is 0.445 e. The van der Waals surface area contributed by atoms with Gasteiger partial charge in [-0.15, -0.1) is 0 Å². The standard InChI is InChI=1S/C24H22BrFN4O2/c1-15-21(22(20(14-27)23(28)32-15)16-2-4-17(25)5-3-16)24(31)30-12-10-29(11-13-30)19-8-6-18(26)7-9-19/h2-9,22H,10-13,28H2,1H3. The molecule has 1 atom stereocenters. The topological polar surface area (TPSA) is 82.6 Å². The van der Waals surface area contributed by atoms with Crippen molar-refractivity contribution in [1.29, 1.82) is 5.26 Å². The zero-order valence-corrected chi connectivity index (χ0v) is 19.1. The Morgan fingerprint density at radius 1 is 1.12 bits per heavy atom. The van der Waals surface area contributed by atoms with Crippen LogP contribution in [0.5, 0.6) is 0 Å². The van der Waals surface area contributed by atoms with E-state index in [2.05, 4.69) is 26.9 Å². The molecule has 2 heterocycles. The highest BCUT2D eigenvalue weighted by Gasteiger charge is 2.38. The lowest BCUT2D eigenvalue weighted by atomic mass is 9.82. The molecule has 1 unspecified atom stereocenters. The van der Waals surface area contributed by atoms with E-state index in [4.69, 9.17) is 10.5 Å². The number of carbonyl (C=O) groups excluding carboxylic acids is 1. The number of nitrogens with two attached hydrogens (primary N) is 1. The Balaban J connectivity index is 1.58. The Morgan fingerprint density at radius 3 is 2.34 bits per heavy atom. The van der Waals surface area contributed by atoms with Gasteiger partial charge in [0.05, 0.1) is 11.5 Å². The number of carbonyl (C=O) groups is 1. The molecule has 0 saturated carbocycles. The molecule has 32 heavy (non-hydrogen) atoms. The number of hydrogen-bond acceptors (Lipinski definition) is 5. The van der Waals surface area contributed by atoms with E-state index in [1.165, 1.54) is 12.1 Å². The highest BCUT2D eigenvalue weighted by Crippen LogP contribution is 2.40. The van der Waals surface area contributed by atoms with Gasteiger partial charge in [-0.25, -0.2) is 4.39 Å². The highest BCUT2D eigenvalue weighted by molar-refractivity contribution is 9.10. The van der Waals surface area contributed by atoms with Crippen molar-refractivity contribution >= 4 is 27.5 Å². The molecule has 0 aliphatic carbocycles. The molecule has 164 valence electrons. The Bertz CT molecular complexity index is 1130. The van der Waals surface area contributed by atoms with Gasteiger partial charge < -0.3 is 20.3 Å². The SMILES string of the molecule is CC1=C(C(=O)N2CCN(c3ccc(F)cc3)CC2)C(c2ccc(Br)cc2)C(C#N)=C(N)O1. The quantitative estimate of drug-likeness (QED) is 0.693. The second-order valence-electron chi connectivity index (χ2n) is 7.70. The molecule has 0 radical (unpaired) electrons. The van der Waals surface area contributed by atoms with Crippen LogP contribution in [0.25, 0.3) is 0 Å². The van der Waals surface area contributed by atoms with Crippen molar-refractivity contribution in [3.05, 3.63) is 87.2 Å². The first-order valence-electron chi connectivity index (χ1n) is 10.2.